The lowest BCUT2D eigenvalue weighted by Gasteiger charge is -2.34. The molecule has 162 valence electrons. The molecule has 4 rings (SSSR count). The number of ether oxygens (including phenoxy) is 1. The fraction of sp³-hybridized carbons (Fsp3) is 0.346. The maximum Gasteiger partial charge on any atom is 0.261 e. The van der Waals surface area contributed by atoms with Gasteiger partial charge in [-0.3, -0.25) is 4.79 Å². The van der Waals surface area contributed by atoms with Crippen molar-refractivity contribution in [1.82, 2.24) is 9.47 Å². The highest BCUT2D eigenvalue weighted by Crippen LogP contribution is 2.25. The molecule has 4 nitrogen and oxygen atoms in total. The van der Waals surface area contributed by atoms with E-state index in [4.69, 9.17) is 16.3 Å². The maximum absolute atomic E-state index is 13.2. The summed E-state index contributed by atoms with van der Waals surface area (Å²) in [5.74, 6) is 0.766. The molecule has 1 aromatic heterocycles. The number of hydrogen-bond donors (Lipinski definition) is 0. The largest absolute Gasteiger partial charge is 0.484 e. The van der Waals surface area contributed by atoms with Gasteiger partial charge in [0, 0.05) is 29.5 Å². The van der Waals surface area contributed by atoms with Gasteiger partial charge >= 0.3 is 0 Å². The highest BCUT2D eigenvalue weighted by molar-refractivity contribution is 6.31. The average molecular weight is 437 g/mol. The second kappa shape index (κ2) is 10.5. The molecule has 5 heteroatoms. The van der Waals surface area contributed by atoms with Crippen LogP contribution in [-0.4, -0.2) is 28.0 Å². The number of halogens is 1. The summed E-state index contributed by atoms with van der Waals surface area (Å²) in [5.41, 5.74) is 2.18. The lowest BCUT2D eigenvalue weighted by Crippen LogP contribution is -2.43. The van der Waals surface area contributed by atoms with Crippen LogP contribution in [0.2, 0.25) is 5.02 Å². The van der Waals surface area contributed by atoms with Gasteiger partial charge in [-0.25, -0.2) is 0 Å². The fourth-order valence-corrected chi connectivity index (χ4v) is 4.49. The van der Waals surface area contributed by atoms with Crippen LogP contribution >= 0.6 is 11.6 Å². The van der Waals surface area contributed by atoms with E-state index in [9.17, 15) is 4.79 Å². The molecule has 0 unspecified atom stereocenters. The Labute approximate surface area is 189 Å². The maximum atomic E-state index is 13.2. The van der Waals surface area contributed by atoms with Gasteiger partial charge in [0.25, 0.3) is 5.91 Å². The SMILES string of the molecule is O=C(COc1ccccc1)N(Cc1cccn1Cc1ccccc1Cl)C1CCCCC1. The molecule has 2 aromatic carbocycles. The number of carbonyl (C=O) groups is 1. The molecule has 0 spiro atoms. The highest BCUT2D eigenvalue weighted by atomic mass is 35.5. The average Bonchev–Trinajstić information content (AvgIpc) is 3.25. The van der Waals surface area contributed by atoms with Gasteiger partial charge in [0.05, 0.1) is 6.54 Å². The molecule has 1 saturated carbocycles. The van der Waals surface area contributed by atoms with Crippen LogP contribution in [0.5, 0.6) is 5.75 Å². The summed E-state index contributed by atoms with van der Waals surface area (Å²) >= 11 is 6.38. The third-order valence-electron chi connectivity index (χ3n) is 6.00. The molecule has 1 aliphatic rings. The zero-order valence-corrected chi connectivity index (χ0v) is 18.5. The van der Waals surface area contributed by atoms with Crippen molar-refractivity contribution in [2.24, 2.45) is 0 Å². The first-order valence-electron chi connectivity index (χ1n) is 11.1. The van der Waals surface area contributed by atoms with Crippen molar-refractivity contribution in [2.75, 3.05) is 6.61 Å². The summed E-state index contributed by atoms with van der Waals surface area (Å²) in [4.78, 5) is 15.3. The number of carbonyl (C=O) groups excluding carboxylic acids is 1. The quantitative estimate of drug-likeness (QED) is 0.438. The molecule has 3 aromatic rings. The molecule has 1 heterocycles. The Morgan fingerprint density at radius 3 is 2.48 bits per heavy atom. The third-order valence-corrected chi connectivity index (χ3v) is 6.36. The van der Waals surface area contributed by atoms with Gasteiger partial charge in [-0.2, -0.15) is 0 Å². The van der Waals surface area contributed by atoms with Crippen LogP contribution in [-0.2, 0) is 17.9 Å². The second-order valence-corrected chi connectivity index (χ2v) is 8.54. The van der Waals surface area contributed by atoms with E-state index in [0.717, 1.165) is 34.9 Å². The van der Waals surface area contributed by atoms with Gasteiger partial charge in [0.1, 0.15) is 5.75 Å². The minimum atomic E-state index is 0.0428. The van der Waals surface area contributed by atoms with E-state index in [-0.39, 0.29) is 18.6 Å². The number of rotatable bonds is 8. The molecule has 0 atom stereocenters. The molecule has 0 radical (unpaired) electrons. The van der Waals surface area contributed by atoms with Crippen LogP contribution in [0.3, 0.4) is 0 Å². The smallest absolute Gasteiger partial charge is 0.261 e. The second-order valence-electron chi connectivity index (χ2n) is 8.13. The van der Waals surface area contributed by atoms with E-state index in [1.807, 2.05) is 65.6 Å². The Balaban J connectivity index is 1.49. The summed E-state index contributed by atoms with van der Waals surface area (Å²) in [6, 6.07) is 21.8. The number of amides is 1. The number of benzene rings is 2. The monoisotopic (exact) mass is 436 g/mol. The van der Waals surface area contributed by atoms with Crippen molar-refractivity contribution >= 4 is 17.5 Å². The summed E-state index contributed by atoms with van der Waals surface area (Å²) in [6.45, 7) is 1.33. The van der Waals surface area contributed by atoms with E-state index < -0.39 is 0 Å². The lowest BCUT2D eigenvalue weighted by atomic mass is 9.94. The van der Waals surface area contributed by atoms with Crippen LogP contribution in [0.4, 0.5) is 0 Å². The zero-order valence-electron chi connectivity index (χ0n) is 17.8. The summed E-state index contributed by atoms with van der Waals surface area (Å²) in [7, 11) is 0. The first kappa shape index (κ1) is 21.5. The normalized spacial score (nSPS) is 14.4. The number of para-hydroxylation sites is 1. The Morgan fingerprint density at radius 1 is 0.968 bits per heavy atom. The molecular weight excluding hydrogens is 408 g/mol. The van der Waals surface area contributed by atoms with Gasteiger partial charge in [-0.15, -0.1) is 0 Å². The van der Waals surface area contributed by atoms with E-state index in [0.29, 0.717) is 13.1 Å². The first-order chi connectivity index (χ1) is 15.2. The summed E-state index contributed by atoms with van der Waals surface area (Å²) in [5, 5.41) is 0.763. The van der Waals surface area contributed by atoms with Crippen LogP contribution in [0.25, 0.3) is 0 Å². The van der Waals surface area contributed by atoms with Gasteiger partial charge in [0.2, 0.25) is 0 Å². The van der Waals surface area contributed by atoms with Crippen molar-refractivity contribution in [1.29, 1.82) is 0 Å². The molecule has 1 amide bonds. The van der Waals surface area contributed by atoms with E-state index >= 15 is 0 Å². The first-order valence-corrected chi connectivity index (χ1v) is 11.4. The van der Waals surface area contributed by atoms with Crippen molar-refractivity contribution < 1.29 is 9.53 Å². The predicted molar refractivity (Wildman–Crippen MR) is 124 cm³/mol. The molecular formula is C26H29ClN2O2. The minimum Gasteiger partial charge on any atom is -0.484 e. The Morgan fingerprint density at radius 2 is 1.71 bits per heavy atom. The van der Waals surface area contributed by atoms with Gasteiger partial charge in [-0.1, -0.05) is 67.3 Å². The number of aromatic nitrogens is 1. The van der Waals surface area contributed by atoms with Crippen LogP contribution in [0.15, 0.2) is 72.9 Å². The Kier molecular flexibility index (Phi) is 7.31. The summed E-state index contributed by atoms with van der Waals surface area (Å²) in [6.07, 6.45) is 7.78. The van der Waals surface area contributed by atoms with Crippen molar-refractivity contribution in [3.63, 3.8) is 0 Å². The van der Waals surface area contributed by atoms with Crippen LogP contribution in [0, 0.1) is 0 Å². The number of hydrogen-bond acceptors (Lipinski definition) is 2. The van der Waals surface area contributed by atoms with Crippen LogP contribution < -0.4 is 4.74 Å². The van der Waals surface area contributed by atoms with Gasteiger partial charge in [0.15, 0.2) is 6.61 Å². The molecule has 0 N–H and O–H groups in total. The van der Waals surface area contributed by atoms with E-state index in [1.54, 1.807) is 0 Å². The van der Waals surface area contributed by atoms with Crippen molar-refractivity contribution in [2.45, 2.75) is 51.2 Å². The standard InChI is InChI=1S/C26H29ClN2O2/c27-25-16-8-7-10-21(25)18-28-17-9-13-23(28)19-29(22-11-3-1-4-12-22)26(30)20-31-24-14-5-2-6-15-24/h2,5-10,13-17,22H,1,3-4,11-12,18-20H2. The molecule has 31 heavy (non-hydrogen) atoms. The highest BCUT2D eigenvalue weighted by Gasteiger charge is 2.26. The van der Waals surface area contributed by atoms with Crippen LogP contribution in [0.1, 0.15) is 43.4 Å². The van der Waals surface area contributed by atoms with Gasteiger partial charge in [-0.05, 0) is 48.7 Å². The molecule has 1 aliphatic carbocycles. The fourth-order valence-electron chi connectivity index (χ4n) is 4.29. The van der Waals surface area contributed by atoms with E-state index in [1.165, 1.54) is 19.3 Å². The van der Waals surface area contributed by atoms with Crippen molar-refractivity contribution in [3.8, 4) is 5.75 Å². The molecule has 0 saturated heterocycles. The van der Waals surface area contributed by atoms with Gasteiger partial charge < -0.3 is 14.2 Å². The lowest BCUT2D eigenvalue weighted by molar-refractivity contribution is -0.137. The minimum absolute atomic E-state index is 0.0428. The Hall–Kier alpha value is -2.72. The molecule has 0 bridgehead atoms. The third kappa shape index (κ3) is 5.71. The van der Waals surface area contributed by atoms with Crippen molar-refractivity contribution in [3.05, 3.63) is 89.2 Å². The topological polar surface area (TPSA) is 34.5 Å². The summed E-state index contributed by atoms with van der Waals surface area (Å²) < 4.78 is 7.97. The predicted octanol–water partition coefficient (Wildman–Crippen LogP) is 5.93. The van der Waals surface area contributed by atoms with E-state index in [2.05, 4.69) is 16.8 Å². The molecule has 0 aliphatic heterocycles. The zero-order chi connectivity index (χ0) is 21.5. The molecule has 1 fully saturated rings. The Bertz CT molecular complexity index is 980. The number of nitrogens with zero attached hydrogens (tertiary/aromatic N) is 2.